The van der Waals surface area contributed by atoms with Crippen LogP contribution in [0.15, 0.2) is 40.8 Å². The van der Waals surface area contributed by atoms with Crippen molar-refractivity contribution in [2.75, 3.05) is 23.8 Å². The molecule has 33 heavy (non-hydrogen) atoms. The Morgan fingerprint density at radius 3 is 3.09 bits per heavy atom. The van der Waals surface area contributed by atoms with E-state index >= 15 is 0 Å². The van der Waals surface area contributed by atoms with Crippen LogP contribution < -0.4 is 15.2 Å². The van der Waals surface area contributed by atoms with Gasteiger partial charge in [0.25, 0.3) is 11.5 Å². The third-order valence-corrected chi connectivity index (χ3v) is 8.04. The number of H-pyrrole nitrogens is 1. The fourth-order valence-corrected chi connectivity index (χ4v) is 6.52. The fourth-order valence-electron chi connectivity index (χ4n) is 4.32. The Labute approximate surface area is 198 Å². The maximum atomic E-state index is 12.9. The summed E-state index contributed by atoms with van der Waals surface area (Å²) in [7, 11) is 0. The largest absolute Gasteiger partial charge is 0.482 e. The van der Waals surface area contributed by atoms with Crippen LogP contribution in [0.1, 0.15) is 34.1 Å². The lowest BCUT2D eigenvalue weighted by molar-refractivity contribution is -0.121. The van der Waals surface area contributed by atoms with Crippen LogP contribution in [0.5, 0.6) is 5.75 Å². The summed E-state index contributed by atoms with van der Waals surface area (Å²) in [5.41, 5.74) is 2.04. The minimum Gasteiger partial charge on any atom is -0.482 e. The second-order valence-corrected chi connectivity index (χ2v) is 10.4. The predicted octanol–water partition coefficient (Wildman–Crippen LogP) is 4.00. The van der Waals surface area contributed by atoms with E-state index in [1.165, 1.54) is 16.6 Å². The Bertz CT molecular complexity index is 1340. The van der Waals surface area contributed by atoms with Crippen LogP contribution in [0.4, 0.5) is 5.69 Å². The van der Waals surface area contributed by atoms with E-state index in [2.05, 4.69) is 23.5 Å². The number of aryl methyl sites for hydroxylation is 1. The number of carbonyl (C=O) groups is 2. The van der Waals surface area contributed by atoms with Crippen molar-refractivity contribution in [1.82, 2.24) is 9.97 Å². The van der Waals surface area contributed by atoms with Crippen LogP contribution in [0.2, 0.25) is 0 Å². The molecule has 1 atom stereocenters. The molecule has 0 bridgehead atoms. The molecule has 0 spiro atoms. The number of aromatic amines is 1. The number of rotatable bonds is 6. The predicted molar refractivity (Wildman–Crippen MR) is 131 cm³/mol. The monoisotopic (exact) mass is 481 g/mol. The zero-order valence-electron chi connectivity index (χ0n) is 18.2. The van der Waals surface area contributed by atoms with E-state index in [1.807, 2.05) is 0 Å². The number of benzene rings is 1. The number of fused-ring (bicyclic) bond motifs is 4. The average molecular weight is 482 g/mol. The van der Waals surface area contributed by atoms with Gasteiger partial charge in [-0.15, -0.1) is 17.9 Å². The van der Waals surface area contributed by atoms with Gasteiger partial charge < -0.3 is 14.6 Å². The summed E-state index contributed by atoms with van der Waals surface area (Å²) >= 11 is 2.80. The van der Waals surface area contributed by atoms with Gasteiger partial charge in [0.05, 0.1) is 16.8 Å². The number of ketones is 1. The highest BCUT2D eigenvalue weighted by Gasteiger charge is 2.26. The van der Waals surface area contributed by atoms with Crippen molar-refractivity contribution < 1.29 is 14.3 Å². The number of anilines is 1. The summed E-state index contributed by atoms with van der Waals surface area (Å²) < 4.78 is 5.48. The SMILES string of the molecule is C=CCN1C(=O)COc2ccc(C(=O)CSc3nc4sc5c(c4c(=O)[nH]3)CCC(C)C5)cc21. The van der Waals surface area contributed by atoms with Gasteiger partial charge in [-0.1, -0.05) is 24.8 Å². The lowest BCUT2D eigenvalue weighted by Gasteiger charge is -2.28. The molecule has 3 heterocycles. The van der Waals surface area contributed by atoms with Gasteiger partial charge in [0, 0.05) is 17.0 Å². The summed E-state index contributed by atoms with van der Waals surface area (Å²) in [6, 6.07) is 5.07. The van der Waals surface area contributed by atoms with E-state index < -0.39 is 0 Å². The highest BCUT2D eigenvalue weighted by molar-refractivity contribution is 7.99. The first-order valence-electron chi connectivity index (χ1n) is 10.8. The number of aromatic nitrogens is 2. The van der Waals surface area contributed by atoms with E-state index in [1.54, 1.807) is 40.5 Å². The molecule has 1 N–H and O–H groups in total. The molecule has 9 heteroatoms. The van der Waals surface area contributed by atoms with Crippen molar-refractivity contribution in [1.29, 1.82) is 0 Å². The van der Waals surface area contributed by atoms with Gasteiger partial charge in [-0.05, 0) is 48.9 Å². The van der Waals surface area contributed by atoms with Gasteiger partial charge in [0.1, 0.15) is 10.6 Å². The summed E-state index contributed by atoms with van der Waals surface area (Å²) in [6.07, 6.45) is 4.63. The Morgan fingerprint density at radius 2 is 2.27 bits per heavy atom. The molecular weight excluding hydrogens is 458 g/mol. The normalized spacial score (nSPS) is 17.4. The van der Waals surface area contributed by atoms with Crippen molar-refractivity contribution in [2.45, 2.75) is 31.3 Å². The Hall–Kier alpha value is -2.91. The number of amides is 1. The molecule has 1 aliphatic carbocycles. The van der Waals surface area contributed by atoms with Gasteiger partial charge in [-0.25, -0.2) is 4.98 Å². The molecule has 0 fully saturated rings. The quantitative estimate of drug-likeness (QED) is 0.248. The number of Topliss-reactive ketones (excluding diaryl/α,β-unsaturated/α-hetero) is 1. The van der Waals surface area contributed by atoms with E-state index in [9.17, 15) is 14.4 Å². The first-order valence-corrected chi connectivity index (χ1v) is 12.6. The standard InChI is InChI=1S/C24H23N3O4S2/c1-3-8-27-16-10-14(5-7-18(16)31-11-20(27)29)17(28)12-32-24-25-22(30)21-15-6-4-13(2)9-19(15)33-23(21)26-24/h3,5,7,10,13H,1,4,6,8-9,11-12H2,2H3,(H,25,26,30). The number of nitrogens with one attached hydrogen (secondary N) is 1. The molecule has 1 aromatic carbocycles. The molecule has 1 unspecified atom stereocenters. The molecule has 1 aliphatic heterocycles. The van der Waals surface area contributed by atoms with Crippen LogP contribution in [-0.2, 0) is 17.6 Å². The highest BCUT2D eigenvalue weighted by atomic mass is 32.2. The number of hydrogen-bond acceptors (Lipinski definition) is 7. The van der Waals surface area contributed by atoms with Crippen molar-refractivity contribution >= 4 is 50.7 Å². The number of ether oxygens (including phenoxy) is 1. The van der Waals surface area contributed by atoms with E-state index in [-0.39, 0.29) is 29.6 Å². The van der Waals surface area contributed by atoms with Gasteiger partial charge in [0.15, 0.2) is 17.5 Å². The van der Waals surface area contributed by atoms with Crippen LogP contribution in [0.25, 0.3) is 10.2 Å². The van der Waals surface area contributed by atoms with Crippen LogP contribution >= 0.6 is 23.1 Å². The van der Waals surface area contributed by atoms with Crippen LogP contribution in [-0.4, -0.2) is 40.6 Å². The first-order chi connectivity index (χ1) is 15.9. The average Bonchev–Trinajstić information content (AvgIpc) is 3.17. The number of thiophene rings is 1. The third kappa shape index (κ3) is 4.11. The maximum absolute atomic E-state index is 12.9. The van der Waals surface area contributed by atoms with Crippen LogP contribution in [0, 0.1) is 5.92 Å². The molecule has 0 saturated heterocycles. The smallest absolute Gasteiger partial charge is 0.265 e. The van der Waals surface area contributed by atoms with Gasteiger partial charge in [0.2, 0.25) is 0 Å². The molecule has 170 valence electrons. The van der Waals surface area contributed by atoms with Crippen molar-refractivity contribution in [2.24, 2.45) is 5.92 Å². The zero-order valence-corrected chi connectivity index (χ0v) is 19.8. The number of thioether (sulfide) groups is 1. The highest BCUT2D eigenvalue weighted by Crippen LogP contribution is 2.36. The molecule has 3 aromatic rings. The van der Waals surface area contributed by atoms with Gasteiger partial charge in [-0.2, -0.15) is 0 Å². The lowest BCUT2D eigenvalue weighted by atomic mass is 9.89. The second kappa shape index (κ2) is 8.79. The molecule has 7 nitrogen and oxygen atoms in total. The van der Waals surface area contributed by atoms with Gasteiger partial charge in [-0.3, -0.25) is 14.4 Å². The fraction of sp³-hybridized carbons (Fsp3) is 0.333. The maximum Gasteiger partial charge on any atom is 0.265 e. The molecule has 2 aliphatic rings. The van der Waals surface area contributed by atoms with Crippen molar-refractivity contribution in [3.8, 4) is 5.75 Å². The molecule has 2 aromatic heterocycles. The minimum absolute atomic E-state index is 0.0312. The third-order valence-electron chi connectivity index (χ3n) is 6.02. The summed E-state index contributed by atoms with van der Waals surface area (Å²) in [4.78, 5) is 48.9. The van der Waals surface area contributed by atoms with E-state index in [4.69, 9.17) is 4.74 Å². The number of nitrogens with zero attached hydrogens (tertiary/aromatic N) is 2. The van der Waals surface area contributed by atoms with E-state index in [0.29, 0.717) is 40.0 Å². The molecule has 0 radical (unpaired) electrons. The molecule has 1 amide bonds. The molecular formula is C24H23N3O4S2. The van der Waals surface area contributed by atoms with E-state index in [0.717, 1.165) is 29.7 Å². The minimum atomic E-state index is -0.176. The second-order valence-electron chi connectivity index (χ2n) is 8.38. The summed E-state index contributed by atoms with van der Waals surface area (Å²) in [5, 5.41) is 1.15. The Morgan fingerprint density at radius 1 is 1.42 bits per heavy atom. The van der Waals surface area contributed by atoms with Crippen LogP contribution in [0.3, 0.4) is 0 Å². The van der Waals surface area contributed by atoms with Crippen molar-refractivity contribution in [3.63, 3.8) is 0 Å². The topological polar surface area (TPSA) is 92.4 Å². The van der Waals surface area contributed by atoms with Gasteiger partial charge >= 0.3 is 0 Å². The number of carbonyl (C=O) groups excluding carboxylic acids is 2. The lowest BCUT2D eigenvalue weighted by Crippen LogP contribution is -2.38. The Balaban J connectivity index is 1.36. The van der Waals surface area contributed by atoms with Crippen molar-refractivity contribution in [3.05, 3.63) is 57.2 Å². The first kappa shape index (κ1) is 21.9. The summed E-state index contributed by atoms with van der Waals surface area (Å²) in [5.74, 6) is 1.00. The summed E-state index contributed by atoms with van der Waals surface area (Å²) in [6.45, 7) is 6.24. The Kier molecular flexibility index (Phi) is 5.84. The molecule has 5 rings (SSSR count). The number of hydrogen-bond donors (Lipinski definition) is 1. The zero-order chi connectivity index (χ0) is 23.1. The molecule has 0 saturated carbocycles.